The van der Waals surface area contributed by atoms with Gasteiger partial charge in [-0.15, -0.1) is 0 Å². The minimum Gasteiger partial charge on any atom is -0.497 e. The van der Waals surface area contributed by atoms with Crippen molar-refractivity contribution in [2.75, 3.05) is 12.0 Å². The number of benzene rings is 2. The van der Waals surface area contributed by atoms with E-state index in [-0.39, 0.29) is 5.91 Å². The van der Waals surface area contributed by atoms with Gasteiger partial charge in [-0.3, -0.25) is 4.79 Å². The largest absolute Gasteiger partial charge is 0.497 e. The summed E-state index contributed by atoms with van der Waals surface area (Å²) in [6.07, 6.45) is 1.19. The molecule has 1 aromatic heterocycles. The number of anilines is 1. The second-order valence-electron chi connectivity index (χ2n) is 7.32. The fourth-order valence-electron chi connectivity index (χ4n) is 3.79. The smallest absolute Gasteiger partial charge is 0.228 e. The number of hydrogen-bond donors (Lipinski definition) is 0. The first kappa shape index (κ1) is 19.3. The molecular weight excluding hydrogens is 406 g/mol. The minimum atomic E-state index is -0.442. The van der Waals surface area contributed by atoms with E-state index in [1.165, 1.54) is 5.56 Å². The zero-order chi connectivity index (χ0) is 19.9. The number of amides is 1. The number of rotatable bonds is 4. The first-order chi connectivity index (χ1) is 13.4. The fraction of sp³-hybridized carbons (Fsp3) is 0.273. The highest BCUT2D eigenvalue weighted by Crippen LogP contribution is 2.52. The van der Waals surface area contributed by atoms with Crippen molar-refractivity contribution in [3.63, 3.8) is 0 Å². The molecule has 0 spiro atoms. The third-order valence-corrected chi connectivity index (χ3v) is 8.51. The van der Waals surface area contributed by atoms with Crippen molar-refractivity contribution >= 4 is 44.5 Å². The number of fused-ring (bicyclic) bond motifs is 3. The molecule has 3 aromatic rings. The lowest BCUT2D eigenvalue weighted by Gasteiger charge is -2.43. The third kappa shape index (κ3) is 3.19. The van der Waals surface area contributed by atoms with E-state index in [0.717, 1.165) is 37.7 Å². The van der Waals surface area contributed by atoms with Crippen LogP contribution >= 0.6 is 32.9 Å². The van der Waals surface area contributed by atoms with Crippen LogP contribution in [-0.4, -0.2) is 13.0 Å². The average Bonchev–Trinajstić information content (AvgIpc) is 3.10. The molecule has 0 atom stereocenters. The summed E-state index contributed by atoms with van der Waals surface area (Å²) in [5.41, 5.74) is 3.71. The van der Waals surface area contributed by atoms with Gasteiger partial charge >= 0.3 is 0 Å². The monoisotopic (exact) mass is 427 g/mol. The van der Waals surface area contributed by atoms with Crippen LogP contribution < -0.4 is 9.64 Å². The Morgan fingerprint density at radius 1 is 1.14 bits per heavy atom. The van der Waals surface area contributed by atoms with Crippen LogP contribution in [0, 0.1) is 3.82 Å². The molecule has 0 bridgehead atoms. The van der Waals surface area contributed by atoms with E-state index in [4.69, 9.17) is 17.0 Å². The molecule has 2 aromatic carbocycles. The second-order valence-corrected chi connectivity index (χ2v) is 10.1. The summed E-state index contributed by atoms with van der Waals surface area (Å²) in [5, 5.41) is 0. The van der Waals surface area contributed by atoms with Crippen molar-refractivity contribution in [3.8, 4) is 16.9 Å². The van der Waals surface area contributed by atoms with Gasteiger partial charge in [0.1, 0.15) is 9.57 Å². The van der Waals surface area contributed by atoms with Crippen molar-refractivity contribution in [1.82, 2.24) is 0 Å². The number of methoxy groups -OCH3 is 1. The molecule has 1 aliphatic rings. The molecule has 6 heteroatoms. The van der Waals surface area contributed by atoms with Crippen molar-refractivity contribution < 1.29 is 9.53 Å². The summed E-state index contributed by atoms with van der Waals surface area (Å²) < 4.78 is 6.31. The van der Waals surface area contributed by atoms with Crippen LogP contribution in [0.3, 0.4) is 0 Å². The molecule has 0 N–H and O–H groups in total. The van der Waals surface area contributed by atoms with Crippen LogP contribution in [0.5, 0.6) is 5.75 Å². The highest BCUT2D eigenvalue weighted by Gasteiger charge is 2.42. The molecule has 0 saturated heterocycles. The van der Waals surface area contributed by atoms with Gasteiger partial charge in [0.25, 0.3) is 0 Å². The molecule has 0 aliphatic carbocycles. The number of carbonyl (C=O) groups is 1. The Bertz CT molecular complexity index is 1080. The first-order valence-corrected chi connectivity index (χ1v) is 11.7. The summed E-state index contributed by atoms with van der Waals surface area (Å²) in [4.78, 5) is 16.5. The maximum Gasteiger partial charge on any atom is 0.228 e. The number of aryl methyl sites for hydroxylation is 1. The van der Waals surface area contributed by atoms with Gasteiger partial charge in [0, 0.05) is 17.5 Å². The molecule has 0 fully saturated rings. The zero-order valence-corrected chi connectivity index (χ0v) is 18.5. The van der Waals surface area contributed by atoms with E-state index >= 15 is 0 Å². The Labute approximate surface area is 177 Å². The zero-order valence-electron chi connectivity index (χ0n) is 16.0. The van der Waals surface area contributed by atoms with E-state index in [1.807, 2.05) is 41.3 Å². The topological polar surface area (TPSA) is 29.5 Å². The van der Waals surface area contributed by atoms with Crippen molar-refractivity contribution in [3.05, 3.63) is 62.8 Å². The SMILES string of the molecule is COc1ccc2c(c1)-c1c(ssc1=S)C(C)(C)N2C(=O)CCc1ccccc1. The van der Waals surface area contributed by atoms with Gasteiger partial charge in [-0.05, 0) is 44.0 Å². The Hall–Kier alpha value is -2.02. The first-order valence-electron chi connectivity index (χ1n) is 9.12. The van der Waals surface area contributed by atoms with E-state index in [1.54, 1.807) is 27.8 Å². The number of carbonyl (C=O) groups excluding carboxylic acids is 1. The Morgan fingerprint density at radius 3 is 2.61 bits per heavy atom. The molecular formula is C22H21NO2S3. The number of hydrogen-bond acceptors (Lipinski definition) is 5. The summed E-state index contributed by atoms with van der Waals surface area (Å²) in [6, 6.07) is 16.0. The predicted molar refractivity (Wildman–Crippen MR) is 120 cm³/mol. The van der Waals surface area contributed by atoms with Crippen LogP contribution in [0.25, 0.3) is 11.1 Å². The van der Waals surface area contributed by atoms with Crippen LogP contribution in [0.4, 0.5) is 5.69 Å². The summed E-state index contributed by atoms with van der Waals surface area (Å²) in [7, 11) is 4.93. The molecule has 3 nitrogen and oxygen atoms in total. The summed E-state index contributed by atoms with van der Waals surface area (Å²) >= 11 is 5.63. The lowest BCUT2D eigenvalue weighted by molar-refractivity contribution is -0.119. The van der Waals surface area contributed by atoms with Crippen LogP contribution in [0.2, 0.25) is 0 Å². The van der Waals surface area contributed by atoms with Crippen LogP contribution in [0.1, 0.15) is 30.7 Å². The highest BCUT2D eigenvalue weighted by atomic mass is 32.9. The maximum atomic E-state index is 13.4. The van der Waals surface area contributed by atoms with E-state index < -0.39 is 5.54 Å². The Kier molecular flexibility index (Phi) is 5.12. The van der Waals surface area contributed by atoms with Gasteiger partial charge in [0.2, 0.25) is 5.91 Å². The van der Waals surface area contributed by atoms with Gasteiger partial charge in [-0.2, -0.15) is 0 Å². The van der Waals surface area contributed by atoms with Gasteiger partial charge in [-0.1, -0.05) is 63.2 Å². The Morgan fingerprint density at radius 2 is 1.89 bits per heavy atom. The van der Waals surface area contributed by atoms with Crippen molar-refractivity contribution in [1.29, 1.82) is 0 Å². The fourth-order valence-corrected chi connectivity index (χ4v) is 7.07. The lowest BCUT2D eigenvalue weighted by atomic mass is 9.87. The standard InChI is InChI=1S/C22H21NO2S3/c1-22(2)20-19(21(26)28-27-20)16-13-15(25-3)10-11-17(16)23(22)18(24)12-9-14-7-5-4-6-8-14/h4-8,10-11,13H,9,12H2,1-3H3. The molecule has 1 aliphatic heterocycles. The van der Waals surface area contributed by atoms with Gasteiger partial charge in [0.05, 0.1) is 23.2 Å². The number of ether oxygens (including phenoxy) is 1. The van der Waals surface area contributed by atoms with Crippen LogP contribution in [-0.2, 0) is 16.8 Å². The van der Waals surface area contributed by atoms with Gasteiger partial charge in [-0.25, -0.2) is 0 Å². The number of nitrogens with zero attached hydrogens (tertiary/aromatic N) is 1. The molecule has 0 unspecified atom stereocenters. The molecule has 28 heavy (non-hydrogen) atoms. The normalized spacial score (nSPS) is 14.3. The van der Waals surface area contributed by atoms with Crippen molar-refractivity contribution in [2.24, 2.45) is 0 Å². The average molecular weight is 428 g/mol. The molecule has 2 heterocycles. The summed E-state index contributed by atoms with van der Waals surface area (Å²) in [5.74, 6) is 0.891. The van der Waals surface area contributed by atoms with E-state index in [2.05, 4.69) is 26.0 Å². The molecule has 0 saturated carbocycles. The minimum absolute atomic E-state index is 0.121. The molecule has 144 valence electrons. The van der Waals surface area contributed by atoms with Gasteiger partial charge in [0.15, 0.2) is 0 Å². The lowest BCUT2D eigenvalue weighted by Crippen LogP contribution is -2.47. The maximum absolute atomic E-state index is 13.4. The summed E-state index contributed by atoms with van der Waals surface area (Å²) in [6.45, 7) is 4.22. The molecule has 4 rings (SSSR count). The van der Waals surface area contributed by atoms with Crippen LogP contribution in [0.15, 0.2) is 48.5 Å². The highest BCUT2D eigenvalue weighted by molar-refractivity contribution is 7.80. The predicted octanol–water partition coefficient (Wildman–Crippen LogP) is 6.43. The van der Waals surface area contributed by atoms with Gasteiger partial charge < -0.3 is 9.64 Å². The third-order valence-electron chi connectivity index (χ3n) is 5.18. The Balaban J connectivity index is 1.77. The van der Waals surface area contributed by atoms with Crippen molar-refractivity contribution in [2.45, 2.75) is 32.2 Å². The van der Waals surface area contributed by atoms with E-state index in [9.17, 15) is 4.79 Å². The molecule has 1 amide bonds. The second kappa shape index (κ2) is 7.43. The van der Waals surface area contributed by atoms with E-state index in [0.29, 0.717) is 6.42 Å². The quantitative estimate of drug-likeness (QED) is 0.355. The molecule has 0 radical (unpaired) electrons.